The van der Waals surface area contributed by atoms with Gasteiger partial charge in [-0.15, -0.1) is 0 Å². The van der Waals surface area contributed by atoms with Gasteiger partial charge in [0.2, 0.25) is 5.91 Å². The van der Waals surface area contributed by atoms with Gasteiger partial charge in [-0.25, -0.2) is 4.79 Å². The maximum Gasteiger partial charge on any atom is 0.328 e. The average molecular weight is 267 g/mol. The zero-order valence-electron chi connectivity index (χ0n) is 10.5. The molecule has 2 atom stereocenters. The van der Waals surface area contributed by atoms with Gasteiger partial charge in [-0.1, -0.05) is 0 Å². The number of carbonyl (C=O) groups excluding carboxylic acids is 1. The van der Waals surface area contributed by atoms with Crippen LogP contribution in [0.2, 0.25) is 0 Å². The molecule has 2 unspecified atom stereocenters. The standard InChI is InChI=1S/C12H17N3O4/c16-9-2-1-8(5-9)6-13-11(18)7-15-4-3-10(17)14-12(15)19/h3-4,8-9,16H,1-2,5-7H2,(H,13,18)(H,14,17,19). The maximum absolute atomic E-state index is 11.7. The lowest BCUT2D eigenvalue weighted by atomic mass is 10.1. The molecule has 7 heteroatoms. The molecule has 104 valence electrons. The number of hydrogen-bond acceptors (Lipinski definition) is 4. The van der Waals surface area contributed by atoms with Crippen LogP contribution in [-0.4, -0.2) is 33.2 Å². The van der Waals surface area contributed by atoms with Crippen LogP contribution in [0, 0.1) is 5.92 Å². The Bertz CT molecular complexity index is 563. The van der Waals surface area contributed by atoms with Crippen LogP contribution in [0.5, 0.6) is 0 Å². The molecule has 1 aromatic heterocycles. The molecule has 3 N–H and O–H groups in total. The Balaban J connectivity index is 1.84. The van der Waals surface area contributed by atoms with E-state index in [-0.39, 0.29) is 18.6 Å². The number of rotatable bonds is 4. The molecule has 1 heterocycles. The Labute approximate surface area is 109 Å². The molecule has 0 radical (unpaired) electrons. The van der Waals surface area contributed by atoms with Crippen LogP contribution in [0.4, 0.5) is 0 Å². The van der Waals surface area contributed by atoms with Crippen LogP contribution in [-0.2, 0) is 11.3 Å². The second kappa shape index (κ2) is 5.83. The van der Waals surface area contributed by atoms with Crippen molar-refractivity contribution in [3.8, 4) is 0 Å². The highest BCUT2D eigenvalue weighted by Crippen LogP contribution is 2.24. The molecule has 1 aliphatic rings. The SMILES string of the molecule is O=C(Cn1ccc(=O)[nH]c1=O)NCC1CCC(O)C1. The molecule has 0 spiro atoms. The first-order valence-corrected chi connectivity index (χ1v) is 6.29. The number of aliphatic hydroxyl groups is 1. The van der Waals surface area contributed by atoms with Crippen LogP contribution in [0.3, 0.4) is 0 Å². The summed E-state index contributed by atoms with van der Waals surface area (Å²) in [6, 6.07) is 1.20. The summed E-state index contributed by atoms with van der Waals surface area (Å²) >= 11 is 0. The quantitative estimate of drug-likeness (QED) is 0.638. The molecule has 1 fully saturated rings. The van der Waals surface area contributed by atoms with Gasteiger partial charge in [0.25, 0.3) is 5.56 Å². The van der Waals surface area contributed by atoms with Crippen molar-refractivity contribution in [2.75, 3.05) is 6.54 Å². The lowest BCUT2D eigenvalue weighted by Gasteiger charge is -2.11. The molecule has 1 amide bonds. The highest BCUT2D eigenvalue weighted by atomic mass is 16.3. The molecule has 0 aliphatic heterocycles. The van der Waals surface area contributed by atoms with Crippen molar-refractivity contribution in [2.24, 2.45) is 5.92 Å². The van der Waals surface area contributed by atoms with Gasteiger partial charge in [-0.05, 0) is 25.2 Å². The van der Waals surface area contributed by atoms with Gasteiger partial charge in [0.15, 0.2) is 0 Å². The summed E-state index contributed by atoms with van der Waals surface area (Å²) < 4.78 is 1.14. The van der Waals surface area contributed by atoms with Crippen LogP contribution in [0.25, 0.3) is 0 Å². The van der Waals surface area contributed by atoms with E-state index >= 15 is 0 Å². The van der Waals surface area contributed by atoms with Crippen LogP contribution >= 0.6 is 0 Å². The molecule has 7 nitrogen and oxygen atoms in total. The third-order valence-corrected chi connectivity index (χ3v) is 3.31. The van der Waals surface area contributed by atoms with Gasteiger partial charge in [0, 0.05) is 18.8 Å². The van der Waals surface area contributed by atoms with Crippen LogP contribution in [0.15, 0.2) is 21.9 Å². The summed E-state index contributed by atoms with van der Waals surface area (Å²) in [5.41, 5.74) is -1.08. The normalized spacial score (nSPS) is 22.4. The fourth-order valence-corrected chi connectivity index (χ4v) is 2.27. The monoisotopic (exact) mass is 267 g/mol. The summed E-state index contributed by atoms with van der Waals surface area (Å²) in [5.74, 6) is 0.0155. The lowest BCUT2D eigenvalue weighted by molar-refractivity contribution is -0.121. The predicted octanol–water partition coefficient (Wildman–Crippen LogP) is -1.19. The number of amides is 1. The van der Waals surface area contributed by atoms with E-state index in [0.717, 1.165) is 17.4 Å². The van der Waals surface area contributed by atoms with Crippen molar-refractivity contribution in [2.45, 2.75) is 31.9 Å². The first-order chi connectivity index (χ1) is 9.04. The fourth-order valence-electron chi connectivity index (χ4n) is 2.27. The molecule has 2 rings (SSSR count). The molecule has 0 bridgehead atoms. The average Bonchev–Trinajstić information content (AvgIpc) is 2.76. The van der Waals surface area contributed by atoms with Crippen molar-refractivity contribution in [3.63, 3.8) is 0 Å². The molecule has 0 aromatic carbocycles. The van der Waals surface area contributed by atoms with Crippen molar-refractivity contribution < 1.29 is 9.90 Å². The summed E-state index contributed by atoms with van der Waals surface area (Å²) in [4.78, 5) is 36.0. The number of hydrogen-bond donors (Lipinski definition) is 3. The van der Waals surface area contributed by atoms with Crippen molar-refractivity contribution in [3.05, 3.63) is 33.1 Å². The number of H-pyrrole nitrogens is 1. The molecular weight excluding hydrogens is 250 g/mol. The zero-order valence-corrected chi connectivity index (χ0v) is 10.5. The highest BCUT2D eigenvalue weighted by Gasteiger charge is 2.22. The second-order valence-electron chi connectivity index (χ2n) is 4.88. The summed E-state index contributed by atoms with van der Waals surface area (Å²) in [7, 11) is 0. The number of nitrogens with one attached hydrogen (secondary N) is 2. The zero-order chi connectivity index (χ0) is 13.8. The van der Waals surface area contributed by atoms with E-state index in [4.69, 9.17) is 0 Å². The van der Waals surface area contributed by atoms with E-state index in [2.05, 4.69) is 10.3 Å². The number of carbonyl (C=O) groups is 1. The van der Waals surface area contributed by atoms with Gasteiger partial charge >= 0.3 is 5.69 Å². The first-order valence-electron chi connectivity index (χ1n) is 6.29. The van der Waals surface area contributed by atoms with Gasteiger partial charge in [-0.3, -0.25) is 19.1 Å². The Morgan fingerprint density at radius 1 is 1.47 bits per heavy atom. The minimum absolute atomic E-state index is 0.120. The number of nitrogens with zero attached hydrogens (tertiary/aromatic N) is 1. The Morgan fingerprint density at radius 2 is 2.26 bits per heavy atom. The third-order valence-electron chi connectivity index (χ3n) is 3.31. The molecule has 1 aliphatic carbocycles. The van der Waals surface area contributed by atoms with Crippen molar-refractivity contribution in [1.29, 1.82) is 0 Å². The van der Waals surface area contributed by atoms with Crippen LogP contribution < -0.4 is 16.6 Å². The van der Waals surface area contributed by atoms with Crippen molar-refractivity contribution >= 4 is 5.91 Å². The van der Waals surface area contributed by atoms with E-state index in [1.165, 1.54) is 12.3 Å². The predicted molar refractivity (Wildman–Crippen MR) is 67.7 cm³/mol. The van der Waals surface area contributed by atoms with Crippen molar-refractivity contribution in [1.82, 2.24) is 14.9 Å². The second-order valence-corrected chi connectivity index (χ2v) is 4.88. The molecule has 0 saturated heterocycles. The van der Waals surface area contributed by atoms with E-state index in [1.807, 2.05) is 0 Å². The topological polar surface area (TPSA) is 104 Å². The highest BCUT2D eigenvalue weighted by molar-refractivity contribution is 5.75. The fraction of sp³-hybridized carbons (Fsp3) is 0.583. The largest absolute Gasteiger partial charge is 0.393 e. The minimum Gasteiger partial charge on any atom is -0.393 e. The molecule has 19 heavy (non-hydrogen) atoms. The number of aromatic nitrogens is 2. The van der Waals surface area contributed by atoms with Gasteiger partial charge in [0.05, 0.1) is 6.10 Å². The van der Waals surface area contributed by atoms with Gasteiger partial charge in [0.1, 0.15) is 6.54 Å². The minimum atomic E-state index is -0.598. The molecule has 1 saturated carbocycles. The molecular formula is C12H17N3O4. The first kappa shape index (κ1) is 13.5. The number of aromatic amines is 1. The van der Waals surface area contributed by atoms with E-state index < -0.39 is 11.2 Å². The summed E-state index contributed by atoms with van der Waals surface area (Å²) in [6.45, 7) is 0.388. The van der Waals surface area contributed by atoms with Gasteiger partial charge < -0.3 is 10.4 Å². The Kier molecular flexibility index (Phi) is 4.16. The van der Waals surface area contributed by atoms with Gasteiger partial charge in [-0.2, -0.15) is 0 Å². The van der Waals surface area contributed by atoms with E-state index in [0.29, 0.717) is 18.9 Å². The summed E-state index contributed by atoms with van der Waals surface area (Å²) in [6.07, 6.45) is 3.42. The lowest BCUT2D eigenvalue weighted by Crippen LogP contribution is -2.36. The smallest absolute Gasteiger partial charge is 0.328 e. The van der Waals surface area contributed by atoms with E-state index in [9.17, 15) is 19.5 Å². The molecule has 1 aromatic rings. The summed E-state index contributed by atoms with van der Waals surface area (Å²) in [5, 5.41) is 12.1. The Hall–Kier alpha value is -1.89. The Morgan fingerprint density at radius 3 is 2.89 bits per heavy atom. The van der Waals surface area contributed by atoms with Crippen LogP contribution in [0.1, 0.15) is 19.3 Å². The maximum atomic E-state index is 11.7. The third kappa shape index (κ3) is 3.78. The van der Waals surface area contributed by atoms with E-state index in [1.54, 1.807) is 0 Å². The number of aliphatic hydroxyl groups excluding tert-OH is 1.